The second-order valence-corrected chi connectivity index (χ2v) is 6.24. The van der Waals surface area contributed by atoms with Crippen LogP contribution in [-0.2, 0) is 0 Å². The molecule has 1 atom stereocenters. The van der Waals surface area contributed by atoms with Crippen LogP contribution in [0.15, 0.2) is 66.7 Å². The van der Waals surface area contributed by atoms with Crippen LogP contribution in [0.2, 0.25) is 0 Å². The summed E-state index contributed by atoms with van der Waals surface area (Å²) in [7, 11) is 0. The van der Waals surface area contributed by atoms with E-state index in [9.17, 15) is 5.11 Å². The molecular formula is C21H25NO. The van der Waals surface area contributed by atoms with Crippen molar-refractivity contribution in [2.45, 2.75) is 25.4 Å². The molecule has 3 rings (SSSR count). The van der Waals surface area contributed by atoms with Gasteiger partial charge in [-0.1, -0.05) is 67.1 Å². The van der Waals surface area contributed by atoms with Crippen LogP contribution < -0.4 is 0 Å². The molecule has 2 aromatic carbocycles. The number of hydrogen-bond acceptors (Lipinski definition) is 2. The van der Waals surface area contributed by atoms with Crippen LogP contribution in [0.1, 0.15) is 30.4 Å². The zero-order chi connectivity index (χ0) is 15.9. The molecule has 0 spiro atoms. The van der Waals surface area contributed by atoms with E-state index in [2.05, 4.69) is 29.2 Å². The molecule has 23 heavy (non-hydrogen) atoms. The molecule has 120 valence electrons. The van der Waals surface area contributed by atoms with E-state index in [1.54, 1.807) is 0 Å². The highest BCUT2D eigenvalue weighted by molar-refractivity contribution is 5.80. The van der Waals surface area contributed by atoms with Crippen molar-refractivity contribution < 1.29 is 5.11 Å². The van der Waals surface area contributed by atoms with Crippen molar-refractivity contribution >= 4 is 5.57 Å². The fraction of sp³-hybridized carbons (Fsp3) is 0.333. The van der Waals surface area contributed by atoms with Crippen LogP contribution >= 0.6 is 0 Å². The molecule has 0 aliphatic carbocycles. The molecule has 1 aliphatic heterocycles. The van der Waals surface area contributed by atoms with E-state index in [0.29, 0.717) is 0 Å². The Morgan fingerprint density at radius 2 is 1.39 bits per heavy atom. The predicted octanol–water partition coefficient (Wildman–Crippen LogP) is 3.97. The molecule has 0 amide bonds. The van der Waals surface area contributed by atoms with Crippen molar-refractivity contribution in [3.05, 3.63) is 77.9 Å². The van der Waals surface area contributed by atoms with E-state index < -0.39 is 6.10 Å². The summed E-state index contributed by atoms with van der Waals surface area (Å²) in [5, 5.41) is 10.6. The topological polar surface area (TPSA) is 23.5 Å². The van der Waals surface area contributed by atoms with E-state index in [4.69, 9.17) is 0 Å². The van der Waals surface area contributed by atoms with Gasteiger partial charge in [0.2, 0.25) is 0 Å². The minimum atomic E-state index is -0.441. The third-order valence-corrected chi connectivity index (χ3v) is 4.42. The Kier molecular flexibility index (Phi) is 5.62. The zero-order valence-electron chi connectivity index (χ0n) is 13.6. The van der Waals surface area contributed by atoms with Gasteiger partial charge in [-0.05, 0) is 48.7 Å². The van der Waals surface area contributed by atoms with Gasteiger partial charge in [-0.25, -0.2) is 0 Å². The summed E-state index contributed by atoms with van der Waals surface area (Å²) < 4.78 is 0. The summed E-state index contributed by atoms with van der Waals surface area (Å²) in [6, 6.07) is 20.6. The van der Waals surface area contributed by atoms with E-state index >= 15 is 0 Å². The SMILES string of the molecule is OC(C=C(c1ccccc1)c1ccccc1)CN1CCCCC1. The van der Waals surface area contributed by atoms with E-state index in [0.717, 1.165) is 36.3 Å². The predicted molar refractivity (Wildman–Crippen MR) is 96.3 cm³/mol. The van der Waals surface area contributed by atoms with Gasteiger partial charge in [0, 0.05) is 6.54 Å². The molecule has 2 nitrogen and oxygen atoms in total. The Balaban J connectivity index is 1.82. The standard InChI is InChI=1S/C21H25NO/c23-20(17-22-14-8-3-9-15-22)16-21(18-10-4-1-5-11-18)19-12-6-2-7-13-19/h1-2,4-7,10-13,16,20,23H,3,8-9,14-15,17H2. The molecule has 0 saturated carbocycles. The highest BCUT2D eigenvalue weighted by Crippen LogP contribution is 2.24. The van der Waals surface area contributed by atoms with Gasteiger partial charge in [-0.15, -0.1) is 0 Å². The summed E-state index contributed by atoms with van der Waals surface area (Å²) in [6.07, 6.45) is 5.39. The van der Waals surface area contributed by atoms with Crippen molar-refractivity contribution in [3.63, 3.8) is 0 Å². The first-order valence-corrected chi connectivity index (χ1v) is 8.56. The van der Waals surface area contributed by atoms with E-state index in [1.165, 1.54) is 19.3 Å². The molecule has 1 saturated heterocycles. The maximum atomic E-state index is 10.6. The maximum absolute atomic E-state index is 10.6. The first-order chi connectivity index (χ1) is 11.3. The van der Waals surface area contributed by atoms with Gasteiger partial charge in [0.25, 0.3) is 0 Å². The quantitative estimate of drug-likeness (QED) is 0.903. The number of nitrogens with zero attached hydrogens (tertiary/aromatic N) is 1. The number of hydrogen-bond donors (Lipinski definition) is 1. The minimum absolute atomic E-state index is 0.441. The maximum Gasteiger partial charge on any atom is 0.0857 e. The fourth-order valence-electron chi connectivity index (χ4n) is 3.25. The van der Waals surface area contributed by atoms with Gasteiger partial charge >= 0.3 is 0 Å². The molecule has 1 unspecified atom stereocenters. The van der Waals surface area contributed by atoms with Gasteiger partial charge in [0.15, 0.2) is 0 Å². The Bertz CT molecular complexity index is 573. The normalized spacial score (nSPS) is 16.7. The smallest absolute Gasteiger partial charge is 0.0857 e. The number of likely N-dealkylation sites (tertiary alicyclic amines) is 1. The summed E-state index contributed by atoms with van der Waals surface area (Å²) in [5.74, 6) is 0. The molecule has 1 heterocycles. The van der Waals surface area contributed by atoms with Gasteiger partial charge < -0.3 is 10.0 Å². The van der Waals surface area contributed by atoms with Crippen molar-refractivity contribution in [1.29, 1.82) is 0 Å². The van der Waals surface area contributed by atoms with Crippen LogP contribution in [0.3, 0.4) is 0 Å². The number of β-amino-alcohol motifs (C(OH)–C–C–N with tert-alkyl or cyclic N) is 1. The Morgan fingerprint density at radius 3 is 1.91 bits per heavy atom. The summed E-state index contributed by atoms with van der Waals surface area (Å²) in [4.78, 5) is 2.37. The van der Waals surface area contributed by atoms with Crippen molar-refractivity contribution in [2.75, 3.05) is 19.6 Å². The first-order valence-electron chi connectivity index (χ1n) is 8.56. The van der Waals surface area contributed by atoms with Crippen molar-refractivity contribution in [3.8, 4) is 0 Å². The lowest BCUT2D eigenvalue weighted by molar-refractivity contribution is 0.132. The first kappa shape index (κ1) is 16.0. The number of benzene rings is 2. The second-order valence-electron chi connectivity index (χ2n) is 6.24. The van der Waals surface area contributed by atoms with Gasteiger partial charge in [-0.3, -0.25) is 0 Å². The molecule has 0 radical (unpaired) electrons. The van der Waals surface area contributed by atoms with Crippen LogP contribution in [0.5, 0.6) is 0 Å². The third kappa shape index (κ3) is 4.54. The fourth-order valence-corrected chi connectivity index (χ4v) is 3.25. The van der Waals surface area contributed by atoms with E-state index in [1.807, 2.05) is 42.5 Å². The van der Waals surface area contributed by atoms with Gasteiger partial charge in [0.1, 0.15) is 0 Å². The zero-order valence-corrected chi connectivity index (χ0v) is 13.6. The lowest BCUT2D eigenvalue weighted by atomic mass is 9.96. The number of aliphatic hydroxyl groups excluding tert-OH is 1. The third-order valence-electron chi connectivity index (χ3n) is 4.42. The molecule has 1 N–H and O–H groups in total. The van der Waals surface area contributed by atoms with Gasteiger partial charge in [-0.2, -0.15) is 0 Å². The number of aliphatic hydroxyl groups is 1. The summed E-state index contributed by atoms with van der Waals surface area (Å²) in [5.41, 5.74) is 3.41. The number of rotatable bonds is 5. The van der Waals surface area contributed by atoms with Gasteiger partial charge in [0.05, 0.1) is 6.10 Å². The monoisotopic (exact) mass is 307 g/mol. The molecular weight excluding hydrogens is 282 g/mol. The van der Waals surface area contributed by atoms with Crippen LogP contribution in [-0.4, -0.2) is 35.7 Å². The Morgan fingerprint density at radius 1 is 0.870 bits per heavy atom. The molecule has 1 fully saturated rings. The van der Waals surface area contributed by atoms with Crippen molar-refractivity contribution in [2.24, 2.45) is 0 Å². The average Bonchev–Trinajstić information content (AvgIpc) is 2.62. The minimum Gasteiger partial charge on any atom is -0.388 e. The second kappa shape index (κ2) is 8.09. The highest BCUT2D eigenvalue weighted by atomic mass is 16.3. The summed E-state index contributed by atoms with van der Waals surface area (Å²) in [6.45, 7) is 2.94. The molecule has 1 aliphatic rings. The van der Waals surface area contributed by atoms with Crippen LogP contribution in [0.25, 0.3) is 5.57 Å². The number of piperidine rings is 1. The van der Waals surface area contributed by atoms with Crippen molar-refractivity contribution in [1.82, 2.24) is 4.90 Å². The lowest BCUT2D eigenvalue weighted by Crippen LogP contribution is -2.35. The molecule has 2 heteroatoms. The molecule has 0 bridgehead atoms. The van der Waals surface area contributed by atoms with Crippen LogP contribution in [0, 0.1) is 0 Å². The average molecular weight is 307 g/mol. The van der Waals surface area contributed by atoms with E-state index in [-0.39, 0.29) is 0 Å². The molecule has 0 aromatic heterocycles. The highest BCUT2D eigenvalue weighted by Gasteiger charge is 2.14. The Hall–Kier alpha value is -1.90. The lowest BCUT2D eigenvalue weighted by Gasteiger charge is -2.28. The largest absolute Gasteiger partial charge is 0.388 e. The summed E-state index contributed by atoms with van der Waals surface area (Å²) >= 11 is 0. The van der Waals surface area contributed by atoms with Crippen LogP contribution in [0.4, 0.5) is 0 Å². The molecule has 2 aromatic rings. The Labute approximate surface area is 139 Å².